The number of likely N-dealkylation sites (tertiary alicyclic amines) is 1. The molecule has 7 nitrogen and oxygen atoms in total. The van der Waals surface area contributed by atoms with Gasteiger partial charge in [-0.2, -0.15) is 0 Å². The van der Waals surface area contributed by atoms with E-state index in [4.69, 9.17) is 23.9 Å². The lowest BCUT2D eigenvalue weighted by molar-refractivity contribution is -0.0390. The molecule has 1 N–H and O–H groups in total. The number of hydrogen-bond donors (Lipinski definition) is 1. The van der Waals surface area contributed by atoms with Crippen molar-refractivity contribution in [3.63, 3.8) is 0 Å². The Bertz CT molecular complexity index is 660. The third-order valence-corrected chi connectivity index (χ3v) is 6.01. The minimum absolute atomic E-state index is 0. The smallest absolute Gasteiger partial charge is 0.194 e. The van der Waals surface area contributed by atoms with E-state index in [2.05, 4.69) is 41.4 Å². The Kier molecular flexibility index (Phi) is 14.3. The highest BCUT2D eigenvalue weighted by molar-refractivity contribution is 14.0. The summed E-state index contributed by atoms with van der Waals surface area (Å²) in [5, 5.41) is 3.45. The maximum Gasteiger partial charge on any atom is 0.194 e. The summed E-state index contributed by atoms with van der Waals surface area (Å²) in [5.74, 6) is 0.997. The molecule has 3 rings (SSSR count). The summed E-state index contributed by atoms with van der Waals surface area (Å²) >= 11 is 0. The molecule has 33 heavy (non-hydrogen) atoms. The van der Waals surface area contributed by atoms with Crippen molar-refractivity contribution in [2.75, 3.05) is 53.2 Å². The van der Waals surface area contributed by atoms with Crippen LogP contribution in [0.4, 0.5) is 0 Å². The van der Waals surface area contributed by atoms with E-state index in [0.717, 1.165) is 84.1 Å². The molecule has 2 aliphatic heterocycles. The van der Waals surface area contributed by atoms with Crippen LogP contribution in [0.5, 0.6) is 0 Å². The van der Waals surface area contributed by atoms with Gasteiger partial charge in [-0.25, -0.2) is 4.99 Å². The van der Waals surface area contributed by atoms with Crippen LogP contribution in [0.3, 0.4) is 0 Å². The molecule has 1 aromatic rings. The molecule has 0 unspecified atom stereocenters. The summed E-state index contributed by atoms with van der Waals surface area (Å²) in [6.45, 7) is 9.46. The fraction of sp³-hybridized carbons (Fsp3) is 0.720. The predicted octanol–water partition coefficient (Wildman–Crippen LogP) is 3.98. The molecule has 2 fully saturated rings. The van der Waals surface area contributed by atoms with Crippen LogP contribution in [0, 0.1) is 0 Å². The molecular formula is C25H42IN3O4. The number of ether oxygens (including phenoxy) is 4. The molecule has 2 heterocycles. The zero-order valence-electron chi connectivity index (χ0n) is 20.3. The van der Waals surface area contributed by atoms with Crippen molar-refractivity contribution in [2.45, 2.75) is 64.4 Å². The molecule has 0 radical (unpaired) electrons. The highest BCUT2D eigenvalue weighted by Gasteiger charge is 2.21. The van der Waals surface area contributed by atoms with Gasteiger partial charge in [-0.15, -0.1) is 24.0 Å². The Morgan fingerprint density at radius 3 is 2.33 bits per heavy atom. The largest absolute Gasteiger partial charge is 0.385 e. The Labute approximate surface area is 216 Å². The van der Waals surface area contributed by atoms with Crippen molar-refractivity contribution in [1.29, 1.82) is 0 Å². The van der Waals surface area contributed by atoms with Crippen LogP contribution in [0.2, 0.25) is 0 Å². The second-order valence-corrected chi connectivity index (χ2v) is 8.51. The van der Waals surface area contributed by atoms with E-state index in [1.165, 1.54) is 11.1 Å². The van der Waals surface area contributed by atoms with Gasteiger partial charge in [0.25, 0.3) is 0 Å². The average Bonchev–Trinajstić information content (AvgIpc) is 2.85. The van der Waals surface area contributed by atoms with E-state index >= 15 is 0 Å². The number of nitrogens with one attached hydrogen (secondary N) is 1. The van der Waals surface area contributed by atoms with Gasteiger partial charge in [0.1, 0.15) is 0 Å². The van der Waals surface area contributed by atoms with Crippen molar-refractivity contribution < 1.29 is 18.9 Å². The van der Waals surface area contributed by atoms with Gasteiger partial charge in [-0.05, 0) is 50.2 Å². The second kappa shape index (κ2) is 16.6. The second-order valence-electron chi connectivity index (χ2n) is 8.51. The van der Waals surface area contributed by atoms with Gasteiger partial charge in [0.15, 0.2) is 5.96 Å². The zero-order valence-corrected chi connectivity index (χ0v) is 22.6. The van der Waals surface area contributed by atoms with Gasteiger partial charge in [-0.1, -0.05) is 24.3 Å². The van der Waals surface area contributed by atoms with E-state index in [-0.39, 0.29) is 24.0 Å². The minimum Gasteiger partial charge on any atom is -0.385 e. The lowest BCUT2D eigenvalue weighted by atomic mass is 10.1. The fourth-order valence-corrected chi connectivity index (χ4v) is 4.08. The van der Waals surface area contributed by atoms with Crippen LogP contribution >= 0.6 is 24.0 Å². The van der Waals surface area contributed by atoms with Gasteiger partial charge in [-0.3, -0.25) is 0 Å². The van der Waals surface area contributed by atoms with Crippen LogP contribution in [0.15, 0.2) is 29.3 Å². The van der Waals surface area contributed by atoms with Gasteiger partial charge < -0.3 is 29.2 Å². The standard InChI is InChI=1S/C25H41N3O4.HI/c1-3-26-25(28-13-9-23(10-14-28)31-16-4-15-29-2)27-19-21-5-7-22(8-6-21)20-32-24-11-17-30-18-12-24;/h5-8,23-24H,3-4,9-20H2,1-2H3,(H,26,27);1H. The quantitative estimate of drug-likeness (QED) is 0.187. The molecule has 0 atom stereocenters. The molecule has 188 valence electrons. The molecule has 0 aromatic heterocycles. The fourth-order valence-electron chi connectivity index (χ4n) is 4.08. The predicted molar refractivity (Wildman–Crippen MR) is 142 cm³/mol. The first kappa shape index (κ1) is 28.3. The highest BCUT2D eigenvalue weighted by Crippen LogP contribution is 2.16. The third kappa shape index (κ3) is 10.5. The number of nitrogens with zero attached hydrogens (tertiary/aromatic N) is 2. The average molecular weight is 576 g/mol. The number of methoxy groups -OCH3 is 1. The molecule has 2 aliphatic rings. The molecule has 0 saturated carbocycles. The summed E-state index contributed by atoms with van der Waals surface area (Å²) in [5.41, 5.74) is 2.43. The number of aliphatic imine (C=N–C) groups is 1. The summed E-state index contributed by atoms with van der Waals surface area (Å²) in [7, 11) is 1.73. The van der Waals surface area contributed by atoms with Crippen molar-refractivity contribution in [3.05, 3.63) is 35.4 Å². The van der Waals surface area contributed by atoms with Crippen LogP contribution < -0.4 is 5.32 Å². The molecule has 8 heteroatoms. The van der Waals surface area contributed by atoms with Crippen LogP contribution in [0.1, 0.15) is 50.2 Å². The van der Waals surface area contributed by atoms with E-state index in [1.807, 2.05) is 0 Å². The van der Waals surface area contributed by atoms with Crippen molar-refractivity contribution in [2.24, 2.45) is 4.99 Å². The zero-order chi connectivity index (χ0) is 22.4. The number of benzene rings is 1. The summed E-state index contributed by atoms with van der Waals surface area (Å²) < 4.78 is 22.5. The first-order valence-electron chi connectivity index (χ1n) is 12.2. The van der Waals surface area contributed by atoms with E-state index < -0.39 is 0 Å². The van der Waals surface area contributed by atoms with Gasteiger partial charge >= 0.3 is 0 Å². The first-order valence-corrected chi connectivity index (χ1v) is 12.2. The summed E-state index contributed by atoms with van der Waals surface area (Å²) in [6, 6.07) is 8.64. The van der Waals surface area contributed by atoms with Crippen LogP contribution in [0.25, 0.3) is 0 Å². The Balaban J connectivity index is 0.00000385. The van der Waals surface area contributed by atoms with Crippen molar-refractivity contribution in [3.8, 4) is 0 Å². The molecule has 2 saturated heterocycles. The lowest BCUT2D eigenvalue weighted by Gasteiger charge is -2.34. The minimum atomic E-state index is 0. The normalized spacial score (nSPS) is 18.2. The Hall–Kier alpha value is -0.940. The van der Waals surface area contributed by atoms with E-state index in [9.17, 15) is 0 Å². The Morgan fingerprint density at radius 1 is 1.00 bits per heavy atom. The summed E-state index contributed by atoms with van der Waals surface area (Å²) in [6.07, 6.45) is 5.71. The van der Waals surface area contributed by atoms with E-state index in [1.54, 1.807) is 7.11 Å². The van der Waals surface area contributed by atoms with Crippen molar-refractivity contribution in [1.82, 2.24) is 10.2 Å². The highest BCUT2D eigenvalue weighted by atomic mass is 127. The van der Waals surface area contributed by atoms with E-state index in [0.29, 0.717) is 25.4 Å². The number of hydrogen-bond acceptors (Lipinski definition) is 5. The van der Waals surface area contributed by atoms with Crippen molar-refractivity contribution >= 4 is 29.9 Å². The van der Waals surface area contributed by atoms with Gasteiger partial charge in [0.05, 0.1) is 25.4 Å². The molecule has 0 amide bonds. The SMILES string of the molecule is CCNC(=NCc1ccc(COC2CCOCC2)cc1)N1CCC(OCCCOC)CC1.I. The molecular weight excluding hydrogens is 533 g/mol. The topological polar surface area (TPSA) is 64.6 Å². The Morgan fingerprint density at radius 2 is 1.67 bits per heavy atom. The maximum atomic E-state index is 6.02. The maximum absolute atomic E-state index is 6.02. The van der Waals surface area contributed by atoms with Crippen LogP contribution in [-0.4, -0.2) is 76.2 Å². The lowest BCUT2D eigenvalue weighted by Crippen LogP contribution is -2.47. The van der Waals surface area contributed by atoms with Gasteiger partial charge in [0, 0.05) is 53.2 Å². The molecule has 0 spiro atoms. The number of halogens is 1. The number of guanidine groups is 1. The number of piperidine rings is 1. The third-order valence-electron chi connectivity index (χ3n) is 6.01. The molecule has 0 aliphatic carbocycles. The summed E-state index contributed by atoms with van der Waals surface area (Å²) in [4.78, 5) is 7.25. The number of rotatable bonds is 11. The van der Waals surface area contributed by atoms with Gasteiger partial charge in [0.2, 0.25) is 0 Å². The molecule has 0 bridgehead atoms. The molecule has 1 aromatic carbocycles. The first-order chi connectivity index (χ1) is 15.8. The van der Waals surface area contributed by atoms with Crippen LogP contribution in [-0.2, 0) is 32.1 Å². The monoisotopic (exact) mass is 575 g/mol.